The number of hydrogen-bond acceptors (Lipinski definition) is 4. The van der Waals surface area contributed by atoms with E-state index in [0.717, 1.165) is 29.3 Å². The van der Waals surface area contributed by atoms with E-state index >= 15 is 8.78 Å². The van der Waals surface area contributed by atoms with Gasteiger partial charge in [-0.3, -0.25) is 14.2 Å². The van der Waals surface area contributed by atoms with Crippen LogP contribution < -0.4 is 5.32 Å². The molecule has 0 saturated carbocycles. The number of aromatic nitrogens is 1. The van der Waals surface area contributed by atoms with Crippen molar-refractivity contribution in [2.75, 3.05) is 44.8 Å². The van der Waals surface area contributed by atoms with Gasteiger partial charge in [-0.25, -0.2) is 17.6 Å². The Morgan fingerprint density at radius 3 is 2.41 bits per heavy atom. The molecule has 2 atom stereocenters. The number of rotatable bonds is 9. The number of aliphatic hydroxyl groups excluding tert-OH is 1. The maximum atomic E-state index is 15.8. The Bertz CT molecular complexity index is 1360. The standard InChI is InChI=1S/C29H33F5N4O/c1-16-7-22-21-8-17-3-4-18(17)9-25(21)36-27(22)28(38(16)14-29(33,34)15-39)26-23(31)10-19(11-24(26)32)35-20-12-37(13-20)6-2-5-30/h8-11,16,20,28,35-36,39H,2-7,12-15H2,1H3/t16-,28-/m1/s1. The summed E-state index contributed by atoms with van der Waals surface area (Å²) in [6.07, 6.45) is 2.84. The lowest BCUT2D eigenvalue weighted by Crippen LogP contribution is -2.54. The van der Waals surface area contributed by atoms with Crippen LogP contribution >= 0.6 is 0 Å². The van der Waals surface area contributed by atoms with Crippen molar-refractivity contribution in [1.29, 1.82) is 0 Å². The van der Waals surface area contributed by atoms with Gasteiger partial charge in [0.05, 0.1) is 25.3 Å². The monoisotopic (exact) mass is 548 g/mol. The van der Waals surface area contributed by atoms with Crippen LogP contribution in [-0.2, 0) is 19.3 Å². The second-order valence-corrected chi connectivity index (χ2v) is 11.3. The van der Waals surface area contributed by atoms with Crippen molar-refractivity contribution in [3.63, 3.8) is 0 Å². The number of aliphatic hydroxyl groups is 1. The van der Waals surface area contributed by atoms with Crippen molar-refractivity contribution in [2.45, 2.75) is 56.7 Å². The van der Waals surface area contributed by atoms with E-state index in [1.807, 2.05) is 0 Å². The minimum absolute atomic E-state index is 0.0121. The van der Waals surface area contributed by atoms with Gasteiger partial charge in [-0.1, -0.05) is 0 Å². The third kappa shape index (κ3) is 4.80. The molecule has 0 spiro atoms. The maximum Gasteiger partial charge on any atom is 0.283 e. The Hall–Kier alpha value is -2.69. The van der Waals surface area contributed by atoms with E-state index in [-0.39, 0.29) is 24.0 Å². The third-order valence-corrected chi connectivity index (χ3v) is 8.53. The smallest absolute Gasteiger partial charge is 0.283 e. The van der Waals surface area contributed by atoms with E-state index in [4.69, 9.17) is 0 Å². The fourth-order valence-electron chi connectivity index (χ4n) is 6.42. The van der Waals surface area contributed by atoms with Gasteiger partial charge in [-0.2, -0.15) is 0 Å². The number of anilines is 1. The molecule has 3 aromatic rings. The van der Waals surface area contributed by atoms with Gasteiger partial charge in [0.15, 0.2) is 0 Å². The summed E-state index contributed by atoms with van der Waals surface area (Å²) in [5, 5.41) is 13.4. The van der Waals surface area contributed by atoms with Gasteiger partial charge in [-0.15, -0.1) is 0 Å². The largest absolute Gasteiger partial charge is 0.390 e. The van der Waals surface area contributed by atoms with Gasteiger partial charge in [-0.05, 0) is 73.6 Å². The molecule has 5 nitrogen and oxygen atoms in total. The van der Waals surface area contributed by atoms with Crippen LogP contribution in [-0.4, -0.2) is 77.4 Å². The number of halogens is 5. The first-order valence-electron chi connectivity index (χ1n) is 13.6. The zero-order chi connectivity index (χ0) is 27.5. The van der Waals surface area contributed by atoms with Gasteiger partial charge in [0, 0.05) is 53.5 Å². The average molecular weight is 549 g/mol. The molecule has 0 bridgehead atoms. The van der Waals surface area contributed by atoms with E-state index in [2.05, 4.69) is 27.3 Å². The van der Waals surface area contributed by atoms with Crippen LogP contribution in [0.2, 0.25) is 0 Å². The molecule has 10 heteroatoms. The van der Waals surface area contributed by atoms with Crippen molar-refractivity contribution >= 4 is 16.6 Å². The summed E-state index contributed by atoms with van der Waals surface area (Å²) in [6.45, 7) is 1.15. The minimum atomic E-state index is -3.44. The van der Waals surface area contributed by atoms with Crippen molar-refractivity contribution in [2.24, 2.45) is 0 Å². The summed E-state index contributed by atoms with van der Waals surface area (Å²) in [7, 11) is 0. The van der Waals surface area contributed by atoms with Crippen LogP contribution in [0.4, 0.5) is 27.6 Å². The summed E-state index contributed by atoms with van der Waals surface area (Å²) >= 11 is 0. The number of aromatic amines is 1. The molecule has 0 amide bonds. The molecule has 210 valence electrons. The highest BCUT2D eigenvalue weighted by Crippen LogP contribution is 2.45. The molecule has 2 aliphatic heterocycles. The highest BCUT2D eigenvalue weighted by atomic mass is 19.3. The summed E-state index contributed by atoms with van der Waals surface area (Å²) < 4.78 is 73.1. The summed E-state index contributed by atoms with van der Waals surface area (Å²) in [5.41, 5.74) is 4.70. The lowest BCUT2D eigenvalue weighted by molar-refractivity contribution is -0.0869. The van der Waals surface area contributed by atoms with Gasteiger partial charge in [0.1, 0.15) is 18.2 Å². The highest BCUT2D eigenvalue weighted by Gasteiger charge is 2.43. The topological polar surface area (TPSA) is 54.5 Å². The minimum Gasteiger partial charge on any atom is -0.390 e. The molecular weight excluding hydrogens is 515 g/mol. The zero-order valence-corrected chi connectivity index (χ0v) is 21.8. The van der Waals surface area contributed by atoms with E-state index < -0.39 is 42.8 Å². The number of likely N-dealkylation sites (tertiary alicyclic amines) is 1. The first-order chi connectivity index (χ1) is 18.7. The molecule has 1 aliphatic carbocycles. The van der Waals surface area contributed by atoms with Crippen LogP contribution in [0.25, 0.3) is 10.9 Å². The lowest BCUT2D eigenvalue weighted by Gasteiger charge is -2.42. The van der Waals surface area contributed by atoms with Crippen molar-refractivity contribution in [3.8, 4) is 0 Å². The number of nitrogens with one attached hydrogen (secondary N) is 2. The second-order valence-electron chi connectivity index (χ2n) is 11.3. The Morgan fingerprint density at radius 1 is 1.08 bits per heavy atom. The molecule has 1 aromatic heterocycles. The summed E-state index contributed by atoms with van der Waals surface area (Å²) in [5.74, 6) is -5.08. The van der Waals surface area contributed by atoms with Gasteiger partial charge in [0.2, 0.25) is 0 Å². The van der Waals surface area contributed by atoms with Crippen molar-refractivity contribution in [1.82, 2.24) is 14.8 Å². The number of nitrogens with zero attached hydrogens (tertiary/aromatic N) is 2. The molecule has 3 N–H and O–H groups in total. The van der Waals surface area contributed by atoms with E-state index in [0.29, 0.717) is 38.2 Å². The van der Waals surface area contributed by atoms with Crippen LogP contribution in [0, 0.1) is 11.6 Å². The first-order valence-corrected chi connectivity index (χ1v) is 13.6. The molecule has 1 fully saturated rings. The summed E-state index contributed by atoms with van der Waals surface area (Å²) in [4.78, 5) is 6.80. The molecule has 1 saturated heterocycles. The van der Waals surface area contributed by atoms with Crippen LogP contribution in [0.5, 0.6) is 0 Å². The molecule has 6 rings (SSSR count). The Labute approximate surface area is 224 Å². The predicted molar refractivity (Wildman–Crippen MR) is 140 cm³/mol. The van der Waals surface area contributed by atoms with E-state index in [1.54, 1.807) is 6.92 Å². The number of H-pyrrole nitrogens is 1. The van der Waals surface area contributed by atoms with Crippen LogP contribution in [0.15, 0.2) is 24.3 Å². The molecule has 3 aliphatic rings. The highest BCUT2D eigenvalue weighted by molar-refractivity contribution is 5.87. The van der Waals surface area contributed by atoms with Gasteiger partial charge < -0.3 is 15.4 Å². The normalized spacial score (nSPS) is 21.9. The number of alkyl halides is 3. The number of fused-ring (bicyclic) bond motifs is 4. The Kier molecular flexibility index (Phi) is 6.84. The fourth-order valence-corrected chi connectivity index (χ4v) is 6.42. The first kappa shape index (κ1) is 26.5. The van der Waals surface area contributed by atoms with E-state index in [9.17, 15) is 18.3 Å². The Balaban J connectivity index is 1.37. The number of aryl methyl sites for hydroxylation is 2. The molecule has 3 heterocycles. The molecular formula is C29H33F5N4O. The third-order valence-electron chi connectivity index (χ3n) is 8.53. The lowest BCUT2D eigenvalue weighted by atomic mass is 9.84. The molecule has 0 unspecified atom stereocenters. The molecule has 2 aromatic carbocycles. The quantitative estimate of drug-likeness (QED) is 0.331. The van der Waals surface area contributed by atoms with Crippen LogP contribution in [0.3, 0.4) is 0 Å². The average Bonchev–Trinajstić information content (AvgIpc) is 3.19. The Morgan fingerprint density at radius 2 is 1.77 bits per heavy atom. The van der Waals surface area contributed by atoms with Gasteiger partial charge >= 0.3 is 0 Å². The summed E-state index contributed by atoms with van der Waals surface area (Å²) in [6, 6.07) is 5.02. The zero-order valence-electron chi connectivity index (χ0n) is 21.8. The van der Waals surface area contributed by atoms with Crippen molar-refractivity contribution < 1.29 is 27.1 Å². The maximum absolute atomic E-state index is 15.8. The second kappa shape index (κ2) is 10.1. The van der Waals surface area contributed by atoms with E-state index in [1.165, 1.54) is 28.2 Å². The number of hydrogen-bond donors (Lipinski definition) is 3. The van der Waals surface area contributed by atoms with Crippen LogP contribution in [0.1, 0.15) is 47.3 Å². The number of benzene rings is 2. The van der Waals surface area contributed by atoms with Gasteiger partial charge in [0.25, 0.3) is 5.92 Å². The molecule has 0 radical (unpaired) electrons. The fraction of sp³-hybridized carbons (Fsp3) is 0.517. The predicted octanol–water partition coefficient (Wildman–Crippen LogP) is 4.96. The van der Waals surface area contributed by atoms with Crippen molar-refractivity contribution in [3.05, 3.63) is 63.8 Å². The SMILES string of the molecule is C[C@@H]1Cc2c([nH]c3cc4c(cc23)CC4)[C@@H](c2c(F)cc(NC3CN(CCCF)C3)cc2F)N1CC(F)(F)CO. The molecule has 39 heavy (non-hydrogen) atoms.